The number of benzene rings is 2. The van der Waals surface area contributed by atoms with Crippen molar-refractivity contribution in [3.63, 3.8) is 0 Å². The number of aromatic nitrogens is 1. The molecule has 0 atom stereocenters. The summed E-state index contributed by atoms with van der Waals surface area (Å²) in [6.45, 7) is 0. The summed E-state index contributed by atoms with van der Waals surface area (Å²) in [4.78, 5) is 4.83. The summed E-state index contributed by atoms with van der Waals surface area (Å²) in [6, 6.07) is 14.7. The highest BCUT2D eigenvalue weighted by Gasteiger charge is 2.18. The Bertz CT molecular complexity index is 825. The van der Waals surface area contributed by atoms with Gasteiger partial charge in [0.2, 0.25) is 0 Å². The highest BCUT2D eigenvalue weighted by atomic mass is 19.1. The second-order valence-corrected chi connectivity index (χ2v) is 5.77. The van der Waals surface area contributed by atoms with E-state index in [1.807, 2.05) is 12.1 Å². The zero-order valence-electron chi connectivity index (χ0n) is 12.3. The smallest absolute Gasteiger partial charge is 0.123 e. The molecule has 22 heavy (non-hydrogen) atoms. The van der Waals surface area contributed by atoms with Gasteiger partial charge in [0, 0.05) is 16.8 Å². The van der Waals surface area contributed by atoms with E-state index in [0.29, 0.717) is 0 Å². The van der Waals surface area contributed by atoms with Crippen molar-refractivity contribution in [3.8, 4) is 0 Å². The minimum atomic E-state index is -0.216. The third kappa shape index (κ3) is 2.33. The van der Waals surface area contributed by atoms with Crippen LogP contribution < -0.4 is 5.32 Å². The Morgan fingerprint density at radius 2 is 1.68 bits per heavy atom. The molecule has 0 spiro atoms. The first kappa shape index (κ1) is 13.3. The molecule has 1 aliphatic rings. The van der Waals surface area contributed by atoms with Crippen molar-refractivity contribution in [2.75, 3.05) is 5.32 Å². The van der Waals surface area contributed by atoms with Crippen LogP contribution in [0.4, 0.5) is 15.8 Å². The number of halogens is 1. The summed E-state index contributed by atoms with van der Waals surface area (Å²) in [5.41, 5.74) is 5.58. The van der Waals surface area contributed by atoms with Crippen LogP contribution in [0.1, 0.15) is 24.1 Å². The molecule has 4 rings (SSSR count). The van der Waals surface area contributed by atoms with Crippen LogP contribution in [0.25, 0.3) is 10.9 Å². The Morgan fingerprint density at radius 3 is 2.55 bits per heavy atom. The van der Waals surface area contributed by atoms with Crippen LogP contribution >= 0.6 is 0 Å². The average Bonchev–Trinajstić information content (AvgIpc) is 2.56. The Kier molecular flexibility index (Phi) is 3.26. The normalized spacial score (nSPS) is 13.9. The fourth-order valence-corrected chi connectivity index (χ4v) is 3.19. The van der Waals surface area contributed by atoms with E-state index >= 15 is 0 Å². The molecule has 0 unspecified atom stereocenters. The summed E-state index contributed by atoms with van der Waals surface area (Å²) in [5.74, 6) is -0.216. The predicted octanol–water partition coefficient (Wildman–Crippen LogP) is 5.00. The van der Waals surface area contributed by atoms with Crippen molar-refractivity contribution < 1.29 is 4.39 Å². The lowest BCUT2D eigenvalue weighted by Crippen LogP contribution is -2.09. The largest absolute Gasteiger partial charge is 0.355 e. The number of nitrogens with one attached hydrogen (secondary N) is 1. The van der Waals surface area contributed by atoms with Crippen LogP contribution in [0.2, 0.25) is 0 Å². The summed E-state index contributed by atoms with van der Waals surface area (Å²) >= 11 is 0. The van der Waals surface area contributed by atoms with Gasteiger partial charge in [-0.1, -0.05) is 18.2 Å². The topological polar surface area (TPSA) is 24.9 Å². The average molecular weight is 292 g/mol. The summed E-state index contributed by atoms with van der Waals surface area (Å²) in [6.07, 6.45) is 4.49. The maximum absolute atomic E-state index is 13.1. The molecule has 110 valence electrons. The Hall–Kier alpha value is -2.42. The molecule has 2 nitrogen and oxygen atoms in total. The standard InChI is InChI=1S/C19H17FN2/c20-13-9-11-14(12-10-13)21-19-15-5-1-3-7-17(15)22-18-8-4-2-6-16(18)19/h1,3,5,7,9-12H,2,4,6,8H2,(H,21,22). The third-order valence-electron chi connectivity index (χ3n) is 4.28. The zero-order valence-corrected chi connectivity index (χ0v) is 12.3. The van der Waals surface area contributed by atoms with Crippen molar-refractivity contribution in [1.29, 1.82) is 0 Å². The molecule has 0 fully saturated rings. The van der Waals surface area contributed by atoms with Gasteiger partial charge in [0.25, 0.3) is 0 Å². The van der Waals surface area contributed by atoms with E-state index in [4.69, 9.17) is 4.98 Å². The highest BCUT2D eigenvalue weighted by molar-refractivity contribution is 5.95. The number of hydrogen-bond acceptors (Lipinski definition) is 2. The molecule has 0 saturated heterocycles. The van der Waals surface area contributed by atoms with E-state index < -0.39 is 0 Å². The third-order valence-corrected chi connectivity index (χ3v) is 4.28. The lowest BCUT2D eigenvalue weighted by Gasteiger charge is -2.21. The van der Waals surface area contributed by atoms with Crippen LogP contribution in [0, 0.1) is 5.82 Å². The molecule has 1 aliphatic carbocycles. The molecule has 1 N–H and O–H groups in total. The second-order valence-electron chi connectivity index (χ2n) is 5.77. The number of fused-ring (bicyclic) bond motifs is 2. The number of nitrogens with zero attached hydrogens (tertiary/aromatic N) is 1. The summed E-state index contributed by atoms with van der Waals surface area (Å²) in [7, 11) is 0. The first-order valence-electron chi connectivity index (χ1n) is 7.74. The van der Waals surface area contributed by atoms with Crippen molar-refractivity contribution in [2.45, 2.75) is 25.7 Å². The summed E-state index contributed by atoms with van der Waals surface area (Å²) < 4.78 is 13.1. The van der Waals surface area contributed by atoms with E-state index in [0.717, 1.165) is 35.1 Å². The fourth-order valence-electron chi connectivity index (χ4n) is 3.19. The van der Waals surface area contributed by atoms with Crippen LogP contribution in [-0.2, 0) is 12.8 Å². The van der Waals surface area contributed by atoms with Gasteiger partial charge < -0.3 is 5.32 Å². The number of aryl methyl sites for hydroxylation is 1. The van der Waals surface area contributed by atoms with Crippen LogP contribution in [0.3, 0.4) is 0 Å². The first-order chi connectivity index (χ1) is 10.8. The van der Waals surface area contributed by atoms with Gasteiger partial charge in [-0.05, 0) is 61.6 Å². The number of hydrogen-bond donors (Lipinski definition) is 1. The lowest BCUT2D eigenvalue weighted by atomic mass is 9.92. The molecular weight excluding hydrogens is 275 g/mol. The van der Waals surface area contributed by atoms with Crippen molar-refractivity contribution in [1.82, 2.24) is 4.98 Å². The Morgan fingerprint density at radius 1 is 0.909 bits per heavy atom. The highest BCUT2D eigenvalue weighted by Crippen LogP contribution is 2.35. The van der Waals surface area contributed by atoms with Gasteiger partial charge in [0.15, 0.2) is 0 Å². The molecule has 1 heterocycles. The van der Waals surface area contributed by atoms with Crippen LogP contribution in [0.15, 0.2) is 48.5 Å². The molecule has 3 heteroatoms. The molecule has 0 aliphatic heterocycles. The number of rotatable bonds is 2. The number of anilines is 2. The van der Waals surface area contributed by atoms with E-state index in [1.165, 1.54) is 36.2 Å². The van der Waals surface area contributed by atoms with Gasteiger partial charge >= 0.3 is 0 Å². The van der Waals surface area contributed by atoms with Crippen molar-refractivity contribution in [3.05, 3.63) is 65.6 Å². The lowest BCUT2D eigenvalue weighted by molar-refractivity contribution is 0.628. The second kappa shape index (κ2) is 5.41. The predicted molar refractivity (Wildman–Crippen MR) is 88.1 cm³/mol. The van der Waals surface area contributed by atoms with Crippen LogP contribution in [0.5, 0.6) is 0 Å². The van der Waals surface area contributed by atoms with Crippen LogP contribution in [-0.4, -0.2) is 4.98 Å². The quantitative estimate of drug-likeness (QED) is 0.719. The molecule has 0 amide bonds. The number of para-hydroxylation sites is 1. The monoisotopic (exact) mass is 292 g/mol. The molecule has 2 aromatic carbocycles. The van der Waals surface area contributed by atoms with Gasteiger partial charge in [-0.15, -0.1) is 0 Å². The van der Waals surface area contributed by atoms with E-state index in [1.54, 1.807) is 12.1 Å². The molecule has 1 aromatic heterocycles. The van der Waals surface area contributed by atoms with Crippen molar-refractivity contribution >= 4 is 22.3 Å². The zero-order chi connectivity index (χ0) is 14.9. The molecule has 3 aromatic rings. The molecule has 0 saturated carbocycles. The van der Waals surface area contributed by atoms with E-state index in [-0.39, 0.29) is 5.82 Å². The van der Waals surface area contributed by atoms with Gasteiger partial charge in [0.1, 0.15) is 5.82 Å². The van der Waals surface area contributed by atoms with Gasteiger partial charge in [-0.2, -0.15) is 0 Å². The maximum Gasteiger partial charge on any atom is 0.123 e. The minimum Gasteiger partial charge on any atom is -0.355 e. The minimum absolute atomic E-state index is 0.216. The van der Waals surface area contributed by atoms with Gasteiger partial charge in [-0.3, -0.25) is 4.98 Å². The number of pyridine rings is 1. The van der Waals surface area contributed by atoms with Crippen molar-refractivity contribution in [2.24, 2.45) is 0 Å². The Balaban J connectivity index is 1.88. The molecule has 0 bridgehead atoms. The Labute approximate surface area is 129 Å². The first-order valence-corrected chi connectivity index (χ1v) is 7.74. The maximum atomic E-state index is 13.1. The SMILES string of the molecule is Fc1ccc(Nc2c3c(nc4ccccc24)CCCC3)cc1. The van der Waals surface area contributed by atoms with E-state index in [2.05, 4.69) is 17.4 Å². The molecule has 0 radical (unpaired) electrons. The van der Waals surface area contributed by atoms with E-state index in [9.17, 15) is 4.39 Å². The van der Waals surface area contributed by atoms with Gasteiger partial charge in [-0.25, -0.2) is 4.39 Å². The molecular formula is C19H17FN2. The van der Waals surface area contributed by atoms with Gasteiger partial charge in [0.05, 0.1) is 11.2 Å². The fraction of sp³-hybridized carbons (Fsp3) is 0.211. The summed E-state index contributed by atoms with van der Waals surface area (Å²) in [5, 5.41) is 4.63.